The maximum Gasteiger partial charge on any atom is 0.119 e. The highest BCUT2D eigenvalue weighted by Gasteiger charge is 2.38. The third-order valence-electron chi connectivity index (χ3n) is 5.50. The van der Waals surface area contributed by atoms with Gasteiger partial charge in [-0.05, 0) is 41.7 Å². The molecular formula is C21H20ClNOS. The highest BCUT2D eigenvalue weighted by Crippen LogP contribution is 2.51. The summed E-state index contributed by atoms with van der Waals surface area (Å²) in [7, 11) is 0. The number of thioether (sulfide) groups is 1. The van der Waals surface area contributed by atoms with Gasteiger partial charge in [-0.2, -0.15) is 11.8 Å². The molecule has 128 valence electrons. The van der Waals surface area contributed by atoms with Crippen LogP contribution in [0.5, 0.6) is 5.75 Å². The molecule has 2 nitrogen and oxygen atoms in total. The van der Waals surface area contributed by atoms with E-state index in [0.717, 1.165) is 34.4 Å². The van der Waals surface area contributed by atoms with E-state index in [2.05, 4.69) is 53.9 Å². The fraction of sp³-hybridized carbons (Fsp3) is 0.333. The van der Waals surface area contributed by atoms with E-state index in [-0.39, 0.29) is 6.04 Å². The Morgan fingerprint density at radius 2 is 1.92 bits per heavy atom. The van der Waals surface area contributed by atoms with Gasteiger partial charge in [-0.15, -0.1) is 0 Å². The van der Waals surface area contributed by atoms with Gasteiger partial charge in [0.05, 0.1) is 16.8 Å². The van der Waals surface area contributed by atoms with Crippen molar-refractivity contribution in [2.45, 2.75) is 24.5 Å². The summed E-state index contributed by atoms with van der Waals surface area (Å²) < 4.78 is 5.98. The summed E-state index contributed by atoms with van der Waals surface area (Å²) in [5, 5.41) is 4.53. The standard InChI is InChI=1S/C21H20ClNOS/c22-19-6-2-5-18-16-3-1-4-17(16)20(23-21(18)19)13-7-9-14(10-8-13)24-15-11-25-12-15/h1-3,5-10,15-17,20,23H,4,11-12H2/t16-,17+,20-/m0/s1. The molecule has 0 aromatic heterocycles. The predicted molar refractivity (Wildman–Crippen MR) is 106 cm³/mol. The first-order valence-corrected chi connectivity index (χ1v) is 10.4. The molecule has 0 bridgehead atoms. The average Bonchev–Trinajstić information content (AvgIpc) is 3.09. The van der Waals surface area contributed by atoms with Crippen molar-refractivity contribution in [2.24, 2.45) is 5.92 Å². The number of nitrogens with one attached hydrogen (secondary N) is 1. The molecule has 1 fully saturated rings. The van der Waals surface area contributed by atoms with E-state index in [1.807, 2.05) is 17.8 Å². The van der Waals surface area contributed by atoms with Crippen LogP contribution in [-0.2, 0) is 0 Å². The molecule has 3 atom stereocenters. The quantitative estimate of drug-likeness (QED) is 0.705. The molecule has 1 N–H and O–H groups in total. The second-order valence-corrected chi connectivity index (χ2v) is 8.51. The molecule has 0 spiro atoms. The van der Waals surface area contributed by atoms with Crippen molar-refractivity contribution in [2.75, 3.05) is 16.8 Å². The third-order valence-corrected chi connectivity index (χ3v) is 7.03. The van der Waals surface area contributed by atoms with Gasteiger partial charge < -0.3 is 10.1 Å². The van der Waals surface area contributed by atoms with Crippen molar-refractivity contribution in [3.05, 3.63) is 70.8 Å². The van der Waals surface area contributed by atoms with Crippen LogP contribution in [0.4, 0.5) is 5.69 Å². The van der Waals surface area contributed by atoms with E-state index >= 15 is 0 Å². The lowest BCUT2D eigenvalue weighted by Gasteiger charge is -2.38. The van der Waals surface area contributed by atoms with Gasteiger partial charge in [-0.25, -0.2) is 0 Å². The van der Waals surface area contributed by atoms with Gasteiger partial charge in [0.2, 0.25) is 0 Å². The molecule has 5 rings (SSSR count). The highest BCUT2D eigenvalue weighted by molar-refractivity contribution is 8.00. The molecule has 2 aromatic carbocycles. The van der Waals surface area contributed by atoms with Crippen LogP contribution in [0.1, 0.15) is 29.5 Å². The van der Waals surface area contributed by atoms with E-state index in [9.17, 15) is 0 Å². The third kappa shape index (κ3) is 2.74. The molecule has 25 heavy (non-hydrogen) atoms. The minimum absolute atomic E-state index is 0.278. The molecule has 2 heterocycles. The summed E-state index contributed by atoms with van der Waals surface area (Å²) in [5.41, 5.74) is 3.72. The minimum atomic E-state index is 0.278. The van der Waals surface area contributed by atoms with Crippen molar-refractivity contribution in [1.82, 2.24) is 0 Å². The summed E-state index contributed by atoms with van der Waals surface area (Å²) in [4.78, 5) is 0. The lowest BCUT2D eigenvalue weighted by Crippen LogP contribution is -2.31. The summed E-state index contributed by atoms with van der Waals surface area (Å²) >= 11 is 8.42. The summed E-state index contributed by atoms with van der Waals surface area (Å²) in [6.45, 7) is 0. The van der Waals surface area contributed by atoms with Gasteiger partial charge in [0.15, 0.2) is 0 Å². The SMILES string of the molecule is Clc1cccc2c1N[C@@H](c1ccc(OC3CSC3)cc1)[C@@H]1CC=C[C@H]21. The van der Waals surface area contributed by atoms with Gasteiger partial charge in [0.25, 0.3) is 0 Å². The predicted octanol–water partition coefficient (Wildman–Crippen LogP) is 5.66. The Morgan fingerprint density at radius 1 is 1.08 bits per heavy atom. The molecule has 3 aliphatic rings. The number of benzene rings is 2. The number of halogens is 1. The number of fused-ring (bicyclic) bond motifs is 3. The van der Waals surface area contributed by atoms with Crippen LogP contribution in [0, 0.1) is 5.92 Å². The van der Waals surface area contributed by atoms with Crippen molar-refractivity contribution in [3.63, 3.8) is 0 Å². The molecule has 0 saturated carbocycles. The fourth-order valence-electron chi connectivity index (χ4n) is 4.14. The molecule has 0 amide bonds. The van der Waals surface area contributed by atoms with Crippen LogP contribution in [-0.4, -0.2) is 17.6 Å². The second-order valence-electron chi connectivity index (χ2n) is 7.03. The average molecular weight is 370 g/mol. The van der Waals surface area contributed by atoms with Crippen molar-refractivity contribution in [1.29, 1.82) is 0 Å². The van der Waals surface area contributed by atoms with Crippen molar-refractivity contribution < 1.29 is 4.74 Å². The molecular weight excluding hydrogens is 350 g/mol. The van der Waals surface area contributed by atoms with Crippen LogP contribution < -0.4 is 10.1 Å². The number of para-hydroxylation sites is 1. The Morgan fingerprint density at radius 3 is 2.68 bits per heavy atom. The molecule has 2 aromatic rings. The van der Waals surface area contributed by atoms with Crippen LogP contribution in [0.2, 0.25) is 5.02 Å². The number of anilines is 1. The maximum atomic E-state index is 6.48. The van der Waals surface area contributed by atoms with E-state index in [0.29, 0.717) is 17.9 Å². The van der Waals surface area contributed by atoms with Crippen LogP contribution in [0.15, 0.2) is 54.6 Å². The van der Waals surface area contributed by atoms with Gasteiger partial charge in [-0.1, -0.05) is 48.0 Å². The summed E-state index contributed by atoms with van der Waals surface area (Å²) in [6, 6.07) is 15.1. The molecule has 2 aliphatic heterocycles. The number of ether oxygens (including phenoxy) is 1. The summed E-state index contributed by atoms with van der Waals surface area (Å²) in [5.74, 6) is 4.18. The molecule has 0 unspecified atom stereocenters. The van der Waals surface area contributed by atoms with E-state index in [1.165, 1.54) is 11.1 Å². The van der Waals surface area contributed by atoms with Gasteiger partial charge >= 0.3 is 0 Å². The van der Waals surface area contributed by atoms with E-state index in [1.54, 1.807) is 0 Å². The Bertz CT molecular complexity index is 815. The first kappa shape index (κ1) is 15.7. The number of rotatable bonds is 3. The smallest absolute Gasteiger partial charge is 0.119 e. The van der Waals surface area contributed by atoms with Crippen molar-refractivity contribution >= 4 is 29.1 Å². The zero-order valence-electron chi connectivity index (χ0n) is 13.8. The topological polar surface area (TPSA) is 21.3 Å². The second kappa shape index (κ2) is 6.30. The molecule has 0 radical (unpaired) electrons. The van der Waals surface area contributed by atoms with Crippen LogP contribution >= 0.6 is 23.4 Å². The minimum Gasteiger partial charge on any atom is -0.489 e. The normalized spacial score (nSPS) is 27.2. The highest BCUT2D eigenvalue weighted by atomic mass is 35.5. The molecule has 1 aliphatic carbocycles. The van der Waals surface area contributed by atoms with Gasteiger partial charge in [0, 0.05) is 17.4 Å². The Labute approximate surface area is 157 Å². The van der Waals surface area contributed by atoms with Crippen LogP contribution in [0.25, 0.3) is 0 Å². The lowest BCUT2D eigenvalue weighted by atomic mass is 9.77. The lowest BCUT2D eigenvalue weighted by molar-refractivity contribution is 0.240. The van der Waals surface area contributed by atoms with E-state index in [4.69, 9.17) is 16.3 Å². The Balaban J connectivity index is 1.44. The summed E-state index contributed by atoms with van der Waals surface area (Å²) in [6.07, 6.45) is 6.15. The van der Waals surface area contributed by atoms with Crippen LogP contribution in [0.3, 0.4) is 0 Å². The van der Waals surface area contributed by atoms with E-state index < -0.39 is 0 Å². The number of hydrogen-bond acceptors (Lipinski definition) is 3. The molecule has 1 saturated heterocycles. The maximum absolute atomic E-state index is 6.48. The zero-order valence-corrected chi connectivity index (χ0v) is 15.4. The first-order chi connectivity index (χ1) is 12.3. The van der Waals surface area contributed by atoms with Crippen molar-refractivity contribution in [3.8, 4) is 5.75 Å². The van der Waals surface area contributed by atoms with Gasteiger partial charge in [-0.3, -0.25) is 0 Å². The Kier molecular flexibility index (Phi) is 3.94. The number of allylic oxidation sites excluding steroid dienone is 2. The monoisotopic (exact) mass is 369 g/mol. The number of hydrogen-bond donors (Lipinski definition) is 1. The van der Waals surface area contributed by atoms with Gasteiger partial charge in [0.1, 0.15) is 11.9 Å². The fourth-order valence-corrected chi connectivity index (χ4v) is 4.94. The largest absolute Gasteiger partial charge is 0.489 e. The Hall–Kier alpha value is -1.58. The zero-order chi connectivity index (χ0) is 16.8. The first-order valence-electron chi connectivity index (χ1n) is 8.85. The molecule has 4 heteroatoms.